The number of aromatic nitrogens is 4. The average molecular weight is 489 g/mol. The van der Waals surface area contributed by atoms with Crippen molar-refractivity contribution in [3.8, 4) is 17.3 Å². The SMILES string of the molecule is CCOC(=O)CCn1cnc2cc(-c3cc(C4CC4)cc(Nc4cc(C#N)ccn4)n3)ccc21.Cl. The molecule has 1 aliphatic rings. The van der Waals surface area contributed by atoms with Gasteiger partial charge < -0.3 is 14.6 Å². The van der Waals surface area contributed by atoms with Gasteiger partial charge in [0.25, 0.3) is 0 Å². The first-order valence-corrected chi connectivity index (χ1v) is 11.4. The summed E-state index contributed by atoms with van der Waals surface area (Å²) in [4.78, 5) is 25.4. The molecule has 178 valence electrons. The number of hydrogen-bond donors (Lipinski definition) is 1. The largest absolute Gasteiger partial charge is 0.466 e. The summed E-state index contributed by atoms with van der Waals surface area (Å²) in [5, 5.41) is 12.4. The minimum absolute atomic E-state index is 0. The Kier molecular flexibility index (Phi) is 7.28. The molecule has 4 aromatic rings. The molecule has 9 heteroatoms. The third-order valence-electron chi connectivity index (χ3n) is 5.82. The third kappa shape index (κ3) is 5.58. The zero-order chi connectivity index (χ0) is 23.5. The Labute approximate surface area is 209 Å². The van der Waals surface area contributed by atoms with E-state index in [1.807, 2.05) is 22.8 Å². The molecule has 3 aromatic heterocycles. The first kappa shape index (κ1) is 24.2. The molecule has 1 fully saturated rings. The third-order valence-corrected chi connectivity index (χ3v) is 5.82. The minimum Gasteiger partial charge on any atom is -0.466 e. The van der Waals surface area contributed by atoms with E-state index in [1.54, 1.807) is 31.6 Å². The summed E-state index contributed by atoms with van der Waals surface area (Å²) in [6.45, 7) is 2.71. The molecule has 1 aromatic carbocycles. The maximum Gasteiger partial charge on any atom is 0.307 e. The van der Waals surface area contributed by atoms with Crippen molar-refractivity contribution in [3.05, 3.63) is 66.1 Å². The zero-order valence-corrected chi connectivity index (χ0v) is 20.1. The molecule has 0 radical (unpaired) electrons. The first-order valence-electron chi connectivity index (χ1n) is 11.4. The lowest BCUT2D eigenvalue weighted by Crippen LogP contribution is -2.08. The van der Waals surface area contributed by atoms with Gasteiger partial charge in [-0.25, -0.2) is 15.0 Å². The van der Waals surface area contributed by atoms with Crippen molar-refractivity contribution in [1.82, 2.24) is 19.5 Å². The van der Waals surface area contributed by atoms with Crippen molar-refractivity contribution in [3.63, 3.8) is 0 Å². The number of esters is 1. The molecule has 1 saturated carbocycles. The van der Waals surface area contributed by atoms with Gasteiger partial charge in [0.05, 0.1) is 47.7 Å². The maximum absolute atomic E-state index is 11.7. The maximum atomic E-state index is 11.7. The van der Waals surface area contributed by atoms with Crippen molar-refractivity contribution in [1.29, 1.82) is 5.26 Å². The van der Waals surface area contributed by atoms with E-state index in [0.29, 0.717) is 42.7 Å². The lowest BCUT2D eigenvalue weighted by Gasteiger charge is -2.11. The number of aryl methyl sites for hydroxylation is 1. The van der Waals surface area contributed by atoms with Crippen molar-refractivity contribution in [2.45, 2.75) is 38.6 Å². The van der Waals surface area contributed by atoms with Crippen LogP contribution in [0.1, 0.15) is 43.2 Å². The van der Waals surface area contributed by atoms with Crippen LogP contribution in [0.4, 0.5) is 11.6 Å². The summed E-state index contributed by atoms with van der Waals surface area (Å²) < 4.78 is 6.99. The van der Waals surface area contributed by atoms with Gasteiger partial charge in [-0.3, -0.25) is 4.79 Å². The number of anilines is 2. The van der Waals surface area contributed by atoms with Crippen molar-refractivity contribution in [2.75, 3.05) is 11.9 Å². The smallest absolute Gasteiger partial charge is 0.307 e. The second kappa shape index (κ2) is 10.5. The number of halogens is 1. The highest BCUT2D eigenvalue weighted by Crippen LogP contribution is 2.42. The van der Waals surface area contributed by atoms with E-state index >= 15 is 0 Å². The molecule has 0 aliphatic heterocycles. The number of carbonyl (C=O) groups excluding carboxylic acids is 1. The Hall–Kier alpha value is -3.96. The standard InChI is InChI=1S/C26H24N6O2.ClH/c1-2-34-26(33)8-10-32-16-29-22-12-19(5-6-23(22)32)21-13-20(18-3-4-18)14-25(30-21)31-24-11-17(15-27)7-9-28-24;/h5-7,9,11-14,16,18H,2-4,8,10H2,1H3,(H,28,30,31);1H. The molecule has 5 rings (SSSR count). The van der Waals surface area contributed by atoms with Crippen LogP contribution >= 0.6 is 12.4 Å². The normalized spacial score (nSPS) is 12.6. The van der Waals surface area contributed by atoms with Crippen LogP contribution in [-0.4, -0.2) is 32.1 Å². The van der Waals surface area contributed by atoms with Gasteiger partial charge in [0.15, 0.2) is 0 Å². The van der Waals surface area contributed by atoms with Crippen LogP contribution in [0.25, 0.3) is 22.3 Å². The molecule has 0 unspecified atom stereocenters. The van der Waals surface area contributed by atoms with Crippen molar-refractivity contribution in [2.24, 2.45) is 0 Å². The predicted molar refractivity (Wildman–Crippen MR) is 136 cm³/mol. The zero-order valence-electron chi connectivity index (χ0n) is 19.3. The quantitative estimate of drug-likeness (QED) is 0.333. The van der Waals surface area contributed by atoms with Gasteiger partial charge in [0.2, 0.25) is 0 Å². The molecular weight excluding hydrogens is 464 g/mol. The molecule has 1 aliphatic carbocycles. The van der Waals surface area contributed by atoms with Gasteiger partial charge in [0, 0.05) is 18.3 Å². The molecular formula is C26H25ClN6O2. The fourth-order valence-corrected chi connectivity index (χ4v) is 3.96. The van der Waals surface area contributed by atoms with Gasteiger partial charge in [-0.1, -0.05) is 6.07 Å². The lowest BCUT2D eigenvalue weighted by atomic mass is 10.1. The molecule has 3 heterocycles. The lowest BCUT2D eigenvalue weighted by molar-refractivity contribution is -0.143. The number of nitrogens with zero attached hydrogens (tertiary/aromatic N) is 5. The van der Waals surface area contributed by atoms with E-state index in [0.717, 1.165) is 22.3 Å². The van der Waals surface area contributed by atoms with Crippen LogP contribution in [0.3, 0.4) is 0 Å². The summed E-state index contributed by atoms with van der Waals surface area (Å²) in [5.74, 6) is 1.62. The molecule has 0 amide bonds. The Morgan fingerprint density at radius 3 is 2.80 bits per heavy atom. The van der Waals surface area contributed by atoms with E-state index in [1.165, 1.54) is 18.4 Å². The molecule has 8 nitrogen and oxygen atoms in total. The number of hydrogen-bond acceptors (Lipinski definition) is 7. The van der Waals surface area contributed by atoms with E-state index in [9.17, 15) is 4.79 Å². The molecule has 0 bridgehead atoms. The van der Waals surface area contributed by atoms with Crippen LogP contribution in [0.2, 0.25) is 0 Å². The monoisotopic (exact) mass is 488 g/mol. The topological polar surface area (TPSA) is 106 Å². The van der Waals surface area contributed by atoms with E-state index in [2.05, 4.69) is 33.5 Å². The fourth-order valence-electron chi connectivity index (χ4n) is 3.96. The van der Waals surface area contributed by atoms with E-state index < -0.39 is 0 Å². The molecule has 35 heavy (non-hydrogen) atoms. The van der Waals surface area contributed by atoms with Crippen molar-refractivity contribution < 1.29 is 9.53 Å². The second-order valence-corrected chi connectivity index (χ2v) is 8.31. The Morgan fingerprint density at radius 1 is 1.17 bits per heavy atom. The predicted octanol–water partition coefficient (Wildman–Crippen LogP) is 5.36. The number of benzene rings is 1. The Morgan fingerprint density at radius 2 is 2.03 bits per heavy atom. The van der Waals surface area contributed by atoms with Gasteiger partial charge >= 0.3 is 5.97 Å². The first-order chi connectivity index (χ1) is 16.6. The molecule has 1 N–H and O–H groups in total. The Balaban J connectivity index is 0.00000289. The summed E-state index contributed by atoms with van der Waals surface area (Å²) in [5.41, 5.74) is 5.41. The number of nitriles is 1. The highest BCUT2D eigenvalue weighted by Gasteiger charge is 2.25. The number of ether oxygens (including phenoxy) is 1. The number of fused-ring (bicyclic) bond motifs is 1. The van der Waals surface area contributed by atoms with Gasteiger partial charge in [-0.05, 0) is 67.6 Å². The fraction of sp³-hybridized carbons (Fsp3) is 0.269. The van der Waals surface area contributed by atoms with Crippen LogP contribution < -0.4 is 5.32 Å². The highest BCUT2D eigenvalue weighted by atomic mass is 35.5. The number of imidazole rings is 1. The van der Waals surface area contributed by atoms with Gasteiger partial charge in [-0.15, -0.1) is 12.4 Å². The summed E-state index contributed by atoms with van der Waals surface area (Å²) in [6.07, 6.45) is 6.02. The van der Waals surface area contributed by atoms with E-state index in [4.69, 9.17) is 15.0 Å². The van der Waals surface area contributed by atoms with Crippen LogP contribution in [0.5, 0.6) is 0 Å². The molecule has 0 spiro atoms. The van der Waals surface area contributed by atoms with Gasteiger partial charge in [0.1, 0.15) is 11.6 Å². The number of pyridine rings is 2. The van der Waals surface area contributed by atoms with Crippen LogP contribution in [0.15, 0.2) is 55.0 Å². The number of carbonyl (C=O) groups is 1. The summed E-state index contributed by atoms with van der Waals surface area (Å²) in [7, 11) is 0. The highest BCUT2D eigenvalue weighted by molar-refractivity contribution is 5.85. The number of rotatable bonds is 8. The minimum atomic E-state index is -0.211. The van der Waals surface area contributed by atoms with Gasteiger partial charge in [-0.2, -0.15) is 5.26 Å². The summed E-state index contributed by atoms with van der Waals surface area (Å²) >= 11 is 0. The summed E-state index contributed by atoms with van der Waals surface area (Å²) in [6, 6.07) is 15.8. The average Bonchev–Trinajstić information content (AvgIpc) is 3.63. The Bertz CT molecular complexity index is 1410. The molecule has 0 saturated heterocycles. The van der Waals surface area contributed by atoms with Crippen LogP contribution in [0, 0.1) is 11.3 Å². The molecule has 0 atom stereocenters. The van der Waals surface area contributed by atoms with Crippen LogP contribution in [-0.2, 0) is 16.1 Å². The van der Waals surface area contributed by atoms with E-state index in [-0.39, 0.29) is 18.4 Å². The number of nitrogens with one attached hydrogen (secondary N) is 1. The van der Waals surface area contributed by atoms with Crippen molar-refractivity contribution >= 4 is 41.0 Å². The second-order valence-electron chi connectivity index (χ2n) is 8.31.